The molecule has 0 spiro atoms. The predicted molar refractivity (Wildman–Crippen MR) is 121 cm³/mol. The van der Waals surface area contributed by atoms with E-state index in [2.05, 4.69) is 20.6 Å². The third kappa shape index (κ3) is 5.36. The summed E-state index contributed by atoms with van der Waals surface area (Å²) in [6.45, 7) is 6.17. The molecule has 180 valence electrons. The van der Waals surface area contributed by atoms with Gasteiger partial charge in [0.25, 0.3) is 5.89 Å². The summed E-state index contributed by atoms with van der Waals surface area (Å²) >= 11 is 0. The molecule has 1 aromatic carbocycles. The van der Waals surface area contributed by atoms with Crippen LogP contribution in [0.5, 0.6) is 5.75 Å². The number of nitrogens with zero attached hydrogens (tertiary/aromatic N) is 5. The van der Waals surface area contributed by atoms with Crippen LogP contribution in [-0.4, -0.2) is 68.2 Å². The number of aromatic nitrogens is 4. The molecule has 1 fully saturated rings. The molecule has 1 aliphatic heterocycles. The monoisotopic (exact) mass is 468 g/mol. The van der Waals surface area contributed by atoms with Gasteiger partial charge in [0.2, 0.25) is 0 Å². The molecule has 4 rings (SSSR count). The number of benzene rings is 1. The number of nitrogens with one attached hydrogen (secondary N) is 1. The maximum absolute atomic E-state index is 12.9. The van der Waals surface area contributed by atoms with Gasteiger partial charge in [0, 0.05) is 18.8 Å². The van der Waals surface area contributed by atoms with Gasteiger partial charge in [-0.05, 0) is 39.3 Å². The Morgan fingerprint density at radius 3 is 2.76 bits per heavy atom. The molecule has 1 saturated heterocycles. The van der Waals surface area contributed by atoms with E-state index in [1.807, 2.05) is 39.0 Å². The lowest BCUT2D eigenvalue weighted by molar-refractivity contribution is 0.0207. The first-order valence-electron chi connectivity index (χ1n) is 11.0. The Bertz CT molecular complexity index is 1140. The zero-order chi connectivity index (χ0) is 24.3. The molecular formula is C23H28N6O5. The van der Waals surface area contributed by atoms with Gasteiger partial charge in [-0.25, -0.2) is 9.78 Å². The fraction of sp³-hybridized carbons (Fsp3) is 0.435. The van der Waals surface area contributed by atoms with Crippen LogP contribution in [-0.2, 0) is 11.3 Å². The second-order valence-electron chi connectivity index (χ2n) is 9.05. The van der Waals surface area contributed by atoms with E-state index in [0.29, 0.717) is 36.6 Å². The fourth-order valence-electron chi connectivity index (χ4n) is 3.88. The molecule has 0 aliphatic carbocycles. The van der Waals surface area contributed by atoms with Crippen LogP contribution in [0, 0.1) is 0 Å². The van der Waals surface area contributed by atoms with Gasteiger partial charge in [-0.3, -0.25) is 9.48 Å². The van der Waals surface area contributed by atoms with Crippen molar-refractivity contribution in [3.63, 3.8) is 0 Å². The van der Waals surface area contributed by atoms with Gasteiger partial charge in [0.1, 0.15) is 11.4 Å². The van der Waals surface area contributed by atoms with E-state index in [1.54, 1.807) is 35.2 Å². The van der Waals surface area contributed by atoms with Gasteiger partial charge in [0.05, 0.1) is 37.7 Å². The number of para-hydroxylation sites is 1. The largest absolute Gasteiger partial charge is 0.496 e. The highest BCUT2D eigenvalue weighted by atomic mass is 16.6. The minimum atomic E-state index is -0.636. The van der Waals surface area contributed by atoms with Gasteiger partial charge < -0.3 is 24.1 Å². The van der Waals surface area contributed by atoms with Crippen LogP contribution in [0.25, 0.3) is 11.3 Å². The van der Waals surface area contributed by atoms with Crippen LogP contribution < -0.4 is 10.1 Å². The van der Waals surface area contributed by atoms with E-state index in [4.69, 9.17) is 13.9 Å². The third-order valence-corrected chi connectivity index (χ3v) is 5.32. The maximum atomic E-state index is 12.9. The molecule has 0 saturated carbocycles. The molecule has 11 nitrogen and oxygen atoms in total. The smallest absolute Gasteiger partial charge is 0.410 e. The van der Waals surface area contributed by atoms with Gasteiger partial charge in [-0.2, -0.15) is 0 Å². The number of hydrogen-bond donors (Lipinski definition) is 1. The van der Waals surface area contributed by atoms with E-state index < -0.39 is 17.6 Å². The van der Waals surface area contributed by atoms with Gasteiger partial charge in [-0.15, -0.1) is 5.10 Å². The Morgan fingerprint density at radius 2 is 2.06 bits per heavy atom. The first kappa shape index (κ1) is 23.3. The molecule has 1 N–H and O–H groups in total. The van der Waals surface area contributed by atoms with E-state index >= 15 is 0 Å². The summed E-state index contributed by atoms with van der Waals surface area (Å²) in [5.41, 5.74) is 0.0600. The maximum Gasteiger partial charge on any atom is 0.410 e. The fourth-order valence-corrected chi connectivity index (χ4v) is 3.88. The Labute approximate surface area is 197 Å². The summed E-state index contributed by atoms with van der Waals surface area (Å²) < 4.78 is 18.3. The molecule has 1 aliphatic rings. The predicted octanol–water partition coefficient (Wildman–Crippen LogP) is 2.75. The third-order valence-electron chi connectivity index (χ3n) is 5.32. The first-order chi connectivity index (χ1) is 16.2. The van der Waals surface area contributed by atoms with Crippen molar-refractivity contribution in [3.05, 3.63) is 48.7 Å². The van der Waals surface area contributed by atoms with E-state index in [-0.39, 0.29) is 18.0 Å². The minimum absolute atomic E-state index is 0.0653. The molecule has 11 heteroatoms. The Morgan fingerprint density at radius 1 is 1.26 bits per heavy atom. The number of oxazole rings is 1. The summed E-state index contributed by atoms with van der Waals surface area (Å²) in [6, 6.07) is 6.78. The average molecular weight is 469 g/mol. The van der Waals surface area contributed by atoms with E-state index in [9.17, 15) is 9.59 Å². The molecule has 3 heterocycles. The standard InChI is InChI=1S/C23H28N6O5/c1-23(2,3)34-22(31)29-13-15(11-16(29)14-28-10-9-25-27-28)26-20(30)21-24-12-19(33-21)17-7-5-6-8-18(17)32-4/h5-10,12,15-16H,11,13-14H2,1-4H3,(H,26,30)/t15?,16-/m1/s1. The van der Waals surface area contributed by atoms with Crippen molar-refractivity contribution < 1.29 is 23.5 Å². The summed E-state index contributed by atoms with van der Waals surface area (Å²) in [5, 5.41) is 10.7. The quantitative estimate of drug-likeness (QED) is 0.586. The molecule has 2 atom stereocenters. The van der Waals surface area contributed by atoms with Crippen LogP contribution in [0.4, 0.5) is 4.79 Å². The normalized spacial score (nSPS) is 18.1. The number of hydrogen-bond acceptors (Lipinski definition) is 8. The molecule has 0 bridgehead atoms. The summed E-state index contributed by atoms with van der Waals surface area (Å²) in [6.07, 6.45) is 4.87. The van der Waals surface area contributed by atoms with Crippen molar-refractivity contribution in [1.29, 1.82) is 0 Å². The number of amides is 2. The topological polar surface area (TPSA) is 125 Å². The van der Waals surface area contributed by atoms with Crippen LogP contribution in [0.3, 0.4) is 0 Å². The zero-order valence-corrected chi connectivity index (χ0v) is 19.6. The van der Waals surface area contributed by atoms with Crippen molar-refractivity contribution in [3.8, 4) is 17.1 Å². The van der Waals surface area contributed by atoms with E-state index in [0.717, 1.165) is 0 Å². The molecule has 34 heavy (non-hydrogen) atoms. The van der Waals surface area contributed by atoms with Crippen molar-refractivity contribution >= 4 is 12.0 Å². The summed E-state index contributed by atoms with van der Waals surface area (Å²) in [7, 11) is 1.56. The highest BCUT2D eigenvalue weighted by Crippen LogP contribution is 2.30. The first-order valence-corrected chi connectivity index (χ1v) is 11.0. The van der Waals surface area contributed by atoms with E-state index in [1.165, 1.54) is 6.20 Å². The SMILES string of the molecule is COc1ccccc1-c1cnc(C(=O)NC2C[C@H](Cn3ccnn3)N(C(=O)OC(C)(C)C)C2)o1. The highest BCUT2D eigenvalue weighted by molar-refractivity contribution is 5.90. The number of carbonyl (C=O) groups is 2. The molecule has 2 aromatic heterocycles. The lowest BCUT2D eigenvalue weighted by atomic mass is 10.1. The van der Waals surface area contributed by atoms with Crippen molar-refractivity contribution in [2.75, 3.05) is 13.7 Å². The number of carbonyl (C=O) groups excluding carboxylic acids is 2. The molecule has 2 amide bonds. The molecule has 1 unspecified atom stereocenters. The van der Waals surface area contributed by atoms with Crippen molar-refractivity contribution in [2.45, 2.75) is 51.4 Å². The summed E-state index contributed by atoms with van der Waals surface area (Å²) in [5.74, 6) is 0.514. The van der Waals surface area contributed by atoms with Crippen LogP contribution in [0.15, 0.2) is 47.3 Å². The molecule has 0 radical (unpaired) electrons. The van der Waals surface area contributed by atoms with Crippen LogP contribution >= 0.6 is 0 Å². The van der Waals surface area contributed by atoms with Gasteiger partial charge in [-0.1, -0.05) is 17.3 Å². The Kier molecular flexibility index (Phi) is 6.53. The van der Waals surface area contributed by atoms with Crippen LogP contribution in [0.1, 0.15) is 37.9 Å². The number of methoxy groups -OCH3 is 1. The lowest BCUT2D eigenvalue weighted by Crippen LogP contribution is -2.43. The molecule has 3 aromatic rings. The van der Waals surface area contributed by atoms with Crippen molar-refractivity contribution in [1.82, 2.24) is 30.2 Å². The van der Waals surface area contributed by atoms with Gasteiger partial charge >= 0.3 is 12.0 Å². The average Bonchev–Trinajstić information content (AvgIpc) is 3.54. The lowest BCUT2D eigenvalue weighted by Gasteiger charge is -2.28. The second-order valence-corrected chi connectivity index (χ2v) is 9.05. The minimum Gasteiger partial charge on any atom is -0.496 e. The van der Waals surface area contributed by atoms with Crippen LogP contribution in [0.2, 0.25) is 0 Å². The number of rotatable bonds is 6. The zero-order valence-electron chi connectivity index (χ0n) is 19.6. The Balaban J connectivity index is 1.46. The van der Waals surface area contributed by atoms with Gasteiger partial charge in [0.15, 0.2) is 5.76 Å². The summed E-state index contributed by atoms with van der Waals surface area (Å²) in [4.78, 5) is 31.4. The van der Waals surface area contributed by atoms with Crippen molar-refractivity contribution in [2.24, 2.45) is 0 Å². The number of likely N-dealkylation sites (tertiary alicyclic amines) is 1. The Hall–Kier alpha value is -3.89. The number of ether oxygens (including phenoxy) is 2. The molecular weight excluding hydrogens is 440 g/mol. The highest BCUT2D eigenvalue weighted by Gasteiger charge is 2.39. The second kappa shape index (κ2) is 9.54.